The van der Waals surface area contributed by atoms with Gasteiger partial charge in [-0.2, -0.15) is 0 Å². The van der Waals surface area contributed by atoms with E-state index in [4.69, 9.17) is 9.47 Å². The number of esters is 1. The van der Waals surface area contributed by atoms with Gasteiger partial charge in [0, 0.05) is 13.8 Å². The van der Waals surface area contributed by atoms with Gasteiger partial charge in [0.15, 0.2) is 0 Å². The average molecular weight is 222 g/mol. The van der Waals surface area contributed by atoms with Gasteiger partial charge < -0.3 is 9.47 Å². The molecular weight excluding hydrogens is 204 g/mol. The third-order valence-electron chi connectivity index (χ3n) is 2.00. The second kappa shape index (κ2) is 5.66. The highest BCUT2D eigenvalue weighted by molar-refractivity contribution is 5.89. The second-order valence-corrected chi connectivity index (χ2v) is 4.00. The Morgan fingerprint density at radius 3 is 2.44 bits per heavy atom. The topological polar surface area (TPSA) is 35.5 Å². The molecule has 3 heteroatoms. The molecule has 3 nitrogen and oxygen atoms in total. The Kier molecular flexibility index (Phi) is 4.50. The predicted molar refractivity (Wildman–Crippen MR) is 62.2 cm³/mol. The van der Waals surface area contributed by atoms with Gasteiger partial charge in [0.2, 0.25) is 5.79 Å². The number of hydrogen-bond donors (Lipinski definition) is 0. The van der Waals surface area contributed by atoms with E-state index in [1.807, 2.05) is 13.0 Å². The minimum Gasteiger partial charge on any atom is -0.430 e. The van der Waals surface area contributed by atoms with Crippen LogP contribution in [0.5, 0.6) is 0 Å². The predicted octanol–water partition coefficient (Wildman–Crippen LogP) is 3.01. The van der Waals surface area contributed by atoms with Gasteiger partial charge in [-0.15, -0.1) is 0 Å². The van der Waals surface area contributed by atoms with Crippen LogP contribution < -0.4 is 0 Å². The van der Waals surface area contributed by atoms with Gasteiger partial charge in [-0.25, -0.2) is 4.79 Å². The molecule has 0 aromatic heterocycles. The van der Waals surface area contributed by atoms with Crippen molar-refractivity contribution >= 4 is 5.97 Å². The molecule has 1 rings (SSSR count). The highest BCUT2D eigenvalue weighted by Gasteiger charge is 2.23. The lowest BCUT2D eigenvalue weighted by Gasteiger charge is -2.25. The van der Waals surface area contributed by atoms with Gasteiger partial charge in [-0.1, -0.05) is 25.1 Å². The smallest absolute Gasteiger partial charge is 0.340 e. The highest BCUT2D eigenvalue weighted by Crippen LogP contribution is 2.14. The van der Waals surface area contributed by atoms with Crippen LogP contribution in [0.3, 0.4) is 0 Å². The summed E-state index contributed by atoms with van der Waals surface area (Å²) >= 11 is 0. The Morgan fingerprint density at radius 2 is 1.88 bits per heavy atom. The summed E-state index contributed by atoms with van der Waals surface area (Å²) in [6.45, 7) is 6.07. The van der Waals surface area contributed by atoms with Gasteiger partial charge in [-0.05, 0) is 18.6 Å². The van der Waals surface area contributed by atoms with Crippen molar-refractivity contribution in [2.45, 2.75) is 33.0 Å². The fourth-order valence-corrected chi connectivity index (χ4v) is 1.23. The van der Waals surface area contributed by atoms with E-state index >= 15 is 0 Å². The first-order valence-corrected chi connectivity index (χ1v) is 5.47. The van der Waals surface area contributed by atoms with E-state index in [2.05, 4.69) is 0 Å². The Hall–Kier alpha value is -1.35. The summed E-state index contributed by atoms with van der Waals surface area (Å²) in [5.74, 6) is -1.23. The van der Waals surface area contributed by atoms with Crippen LogP contribution in [0.25, 0.3) is 0 Å². The van der Waals surface area contributed by atoms with Gasteiger partial charge in [-0.3, -0.25) is 0 Å². The third-order valence-corrected chi connectivity index (χ3v) is 2.00. The van der Waals surface area contributed by atoms with Crippen LogP contribution >= 0.6 is 0 Å². The van der Waals surface area contributed by atoms with E-state index in [9.17, 15) is 4.79 Å². The number of rotatable bonds is 5. The zero-order valence-electron chi connectivity index (χ0n) is 10.0. The van der Waals surface area contributed by atoms with Crippen LogP contribution in [0.15, 0.2) is 30.3 Å². The summed E-state index contributed by atoms with van der Waals surface area (Å²) in [5, 5.41) is 0. The fraction of sp³-hybridized carbons (Fsp3) is 0.462. The maximum Gasteiger partial charge on any atom is 0.340 e. The fourth-order valence-electron chi connectivity index (χ4n) is 1.23. The van der Waals surface area contributed by atoms with Crippen LogP contribution in [-0.2, 0) is 9.47 Å². The number of carbonyl (C=O) groups is 1. The number of carbonyl (C=O) groups excluding carboxylic acids is 1. The third kappa shape index (κ3) is 4.03. The van der Waals surface area contributed by atoms with Crippen molar-refractivity contribution in [3.63, 3.8) is 0 Å². The van der Waals surface area contributed by atoms with Gasteiger partial charge in [0.1, 0.15) is 0 Å². The first-order valence-electron chi connectivity index (χ1n) is 5.47. The Balaban J connectivity index is 2.57. The Bertz CT molecular complexity index is 330. The molecule has 1 aromatic carbocycles. The molecule has 16 heavy (non-hydrogen) atoms. The molecule has 0 fully saturated rings. The van der Waals surface area contributed by atoms with Gasteiger partial charge >= 0.3 is 5.97 Å². The molecule has 0 atom stereocenters. The molecule has 0 N–H and O–H groups in total. The maximum atomic E-state index is 11.7. The average Bonchev–Trinajstić information content (AvgIpc) is 2.27. The van der Waals surface area contributed by atoms with Crippen LogP contribution in [0, 0.1) is 0 Å². The number of hydrogen-bond acceptors (Lipinski definition) is 3. The molecule has 0 spiro atoms. The molecule has 1 aromatic rings. The molecular formula is C13H18O3. The van der Waals surface area contributed by atoms with E-state index < -0.39 is 5.79 Å². The minimum absolute atomic E-state index is 0.360. The summed E-state index contributed by atoms with van der Waals surface area (Å²) in [4.78, 5) is 11.7. The van der Waals surface area contributed by atoms with Crippen molar-refractivity contribution in [1.29, 1.82) is 0 Å². The quantitative estimate of drug-likeness (QED) is 0.567. The van der Waals surface area contributed by atoms with Crippen molar-refractivity contribution < 1.29 is 14.3 Å². The van der Waals surface area contributed by atoms with Crippen molar-refractivity contribution in [2.75, 3.05) is 6.61 Å². The number of ether oxygens (including phenoxy) is 2. The molecule has 0 unspecified atom stereocenters. The molecule has 0 saturated heterocycles. The standard InChI is InChI=1S/C13H18O3/c1-4-10-15-13(2,3)16-12(14)11-8-6-5-7-9-11/h5-9H,4,10H2,1-3H3. The highest BCUT2D eigenvalue weighted by atomic mass is 16.7. The molecule has 88 valence electrons. The summed E-state index contributed by atoms with van der Waals surface area (Å²) < 4.78 is 10.7. The molecule has 0 aliphatic rings. The Labute approximate surface area is 96.4 Å². The molecule has 0 radical (unpaired) electrons. The normalized spacial score (nSPS) is 11.2. The molecule has 0 saturated carbocycles. The SMILES string of the molecule is CCCOC(C)(C)OC(=O)c1ccccc1. The second-order valence-electron chi connectivity index (χ2n) is 4.00. The van der Waals surface area contributed by atoms with Crippen molar-refractivity contribution in [2.24, 2.45) is 0 Å². The molecule has 0 aliphatic carbocycles. The molecule has 0 bridgehead atoms. The summed E-state index contributed by atoms with van der Waals surface area (Å²) in [6, 6.07) is 8.90. The first kappa shape index (κ1) is 12.7. The van der Waals surface area contributed by atoms with Crippen molar-refractivity contribution in [3.8, 4) is 0 Å². The van der Waals surface area contributed by atoms with Gasteiger partial charge in [0.25, 0.3) is 0 Å². The zero-order chi connectivity index (χ0) is 12.0. The molecule has 0 aliphatic heterocycles. The van der Waals surface area contributed by atoms with Crippen LogP contribution in [0.2, 0.25) is 0 Å². The maximum absolute atomic E-state index is 11.7. The van der Waals surface area contributed by atoms with Gasteiger partial charge in [0.05, 0.1) is 12.2 Å². The minimum atomic E-state index is -0.872. The van der Waals surface area contributed by atoms with Crippen molar-refractivity contribution in [3.05, 3.63) is 35.9 Å². The first-order chi connectivity index (χ1) is 7.55. The van der Waals surface area contributed by atoms with E-state index in [0.717, 1.165) is 6.42 Å². The van der Waals surface area contributed by atoms with E-state index in [1.54, 1.807) is 38.1 Å². The summed E-state index contributed by atoms with van der Waals surface area (Å²) in [5.41, 5.74) is 0.538. The number of benzene rings is 1. The molecule has 0 amide bonds. The molecule has 0 heterocycles. The lowest BCUT2D eigenvalue weighted by Crippen LogP contribution is -2.31. The van der Waals surface area contributed by atoms with Crippen molar-refractivity contribution in [1.82, 2.24) is 0 Å². The lowest BCUT2D eigenvalue weighted by atomic mass is 10.2. The van der Waals surface area contributed by atoms with Crippen LogP contribution in [-0.4, -0.2) is 18.4 Å². The van der Waals surface area contributed by atoms with Crippen LogP contribution in [0.1, 0.15) is 37.6 Å². The monoisotopic (exact) mass is 222 g/mol. The summed E-state index contributed by atoms with van der Waals surface area (Å²) in [6.07, 6.45) is 0.895. The lowest BCUT2D eigenvalue weighted by molar-refractivity contribution is -0.178. The van der Waals surface area contributed by atoms with E-state index in [-0.39, 0.29) is 5.97 Å². The van der Waals surface area contributed by atoms with Crippen LogP contribution in [0.4, 0.5) is 0 Å². The van der Waals surface area contributed by atoms with E-state index in [1.165, 1.54) is 0 Å². The Morgan fingerprint density at radius 1 is 1.25 bits per heavy atom. The van der Waals surface area contributed by atoms with E-state index in [0.29, 0.717) is 12.2 Å². The summed E-state index contributed by atoms with van der Waals surface area (Å²) in [7, 11) is 0. The largest absolute Gasteiger partial charge is 0.430 e. The zero-order valence-corrected chi connectivity index (χ0v) is 10.0.